The molecule has 2 N–H and O–H groups in total. The fourth-order valence-electron chi connectivity index (χ4n) is 8.19. The number of fused-ring (bicyclic) bond motifs is 2. The van der Waals surface area contributed by atoms with E-state index in [9.17, 15) is 19.5 Å². The lowest BCUT2D eigenvalue weighted by Crippen LogP contribution is -2.46. The highest BCUT2D eigenvalue weighted by Gasteiger charge is 2.66. The summed E-state index contributed by atoms with van der Waals surface area (Å²) in [6.07, 6.45) is 3.60. The molecule has 3 aromatic carbocycles. The monoisotopic (exact) mass is 783 g/mol. The number of methoxy groups -OCH3 is 1. The lowest BCUT2D eigenvalue weighted by atomic mass is 9.82. The summed E-state index contributed by atoms with van der Waals surface area (Å²) in [5, 5.41) is 18.9. The average molecular weight is 785 g/mol. The van der Waals surface area contributed by atoms with Crippen LogP contribution in [-0.2, 0) is 28.2 Å². The van der Waals surface area contributed by atoms with E-state index in [-0.39, 0.29) is 47.7 Å². The van der Waals surface area contributed by atoms with Gasteiger partial charge in [0.05, 0.1) is 43.7 Å². The summed E-state index contributed by atoms with van der Waals surface area (Å²) in [6, 6.07) is 26.5. The maximum absolute atomic E-state index is 14.9. The predicted octanol–water partition coefficient (Wildman–Crippen LogP) is 5.76. The van der Waals surface area contributed by atoms with E-state index in [0.717, 1.165) is 26.9 Å². The molecule has 1 spiro atoms. The molecule has 7 rings (SSSR count). The molecular weight excluding hydrogens is 742 g/mol. The summed E-state index contributed by atoms with van der Waals surface area (Å²) in [7, 11) is -1.43. The molecule has 2 aromatic heterocycles. The van der Waals surface area contributed by atoms with Gasteiger partial charge in [0.25, 0.3) is 11.5 Å². The molecule has 13 heteroatoms. The van der Waals surface area contributed by atoms with Crippen LogP contribution in [0, 0.1) is 5.92 Å². The highest BCUT2D eigenvalue weighted by atomic mass is 79.9. The Morgan fingerprint density at radius 1 is 1.04 bits per heavy atom. The Labute approximate surface area is 311 Å². The Morgan fingerprint density at radius 2 is 1.83 bits per heavy atom. The number of anilines is 1. The quantitative estimate of drug-likeness (QED) is 0.162. The van der Waals surface area contributed by atoms with Crippen molar-refractivity contribution >= 4 is 35.8 Å². The molecule has 1 fully saturated rings. The molecule has 2 aliphatic rings. The molecular formula is C39H42BrN5O6Si. The third-order valence-corrected chi connectivity index (χ3v) is 13.5. The molecule has 4 heterocycles. The van der Waals surface area contributed by atoms with Gasteiger partial charge in [0.2, 0.25) is 0 Å². The number of benzene rings is 3. The van der Waals surface area contributed by atoms with E-state index in [2.05, 4.69) is 26.2 Å². The van der Waals surface area contributed by atoms with Gasteiger partial charge >= 0.3 is 0 Å². The van der Waals surface area contributed by atoms with Crippen LogP contribution in [-0.4, -0.2) is 63.5 Å². The maximum atomic E-state index is 14.9. The molecule has 11 nitrogen and oxygen atoms in total. The Morgan fingerprint density at radius 3 is 2.56 bits per heavy atom. The van der Waals surface area contributed by atoms with Gasteiger partial charge in [-0.1, -0.05) is 70.5 Å². The first-order valence-corrected chi connectivity index (χ1v) is 21.2. The Hall–Kier alpha value is -4.40. The van der Waals surface area contributed by atoms with Crippen molar-refractivity contribution in [3.05, 3.63) is 135 Å². The van der Waals surface area contributed by atoms with Gasteiger partial charge in [-0.15, -0.1) is 5.10 Å². The number of carbonyl (C=O) groups excluding carboxylic acids is 1. The molecule has 5 atom stereocenters. The zero-order valence-corrected chi connectivity index (χ0v) is 32.1. The largest absolute Gasteiger partial charge is 0.491 e. The number of rotatable bonds is 11. The minimum atomic E-state index is -2.89. The molecule has 0 bridgehead atoms. The van der Waals surface area contributed by atoms with Gasteiger partial charge in [0, 0.05) is 46.1 Å². The first kappa shape index (κ1) is 36.0. The summed E-state index contributed by atoms with van der Waals surface area (Å²) >= 11 is 3.64. The van der Waals surface area contributed by atoms with E-state index in [4.69, 9.17) is 9.47 Å². The second-order valence-corrected chi connectivity index (χ2v) is 19.1. The van der Waals surface area contributed by atoms with Crippen molar-refractivity contribution in [1.82, 2.24) is 19.6 Å². The third-order valence-electron chi connectivity index (χ3n) is 10.5. The Bertz CT molecular complexity index is 2150. The van der Waals surface area contributed by atoms with E-state index in [0.29, 0.717) is 24.3 Å². The molecule has 0 saturated carbocycles. The van der Waals surface area contributed by atoms with Crippen molar-refractivity contribution in [3.63, 3.8) is 0 Å². The molecule has 52 heavy (non-hydrogen) atoms. The molecule has 270 valence electrons. The Kier molecular flexibility index (Phi) is 9.82. The van der Waals surface area contributed by atoms with Gasteiger partial charge in [-0.25, -0.2) is 0 Å². The lowest BCUT2D eigenvalue weighted by Gasteiger charge is -2.32. The molecule has 1 saturated heterocycles. The van der Waals surface area contributed by atoms with Crippen LogP contribution >= 0.6 is 15.9 Å². The second kappa shape index (κ2) is 14.2. The maximum Gasteiger partial charge on any atom is 0.297 e. The zero-order chi connectivity index (χ0) is 36.8. The first-order valence-electron chi connectivity index (χ1n) is 17.4. The van der Waals surface area contributed by atoms with Crippen LogP contribution < -0.4 is 15.2 Å². The number of amides is 1. The van der Waals surface area contributed by atoms with Crippen LogP contribution in [0.2, 0.25) is 18.6 Å². The second-order valence-electron chi connectivity index (χ2n) is 14.2. The number of halogens is 1. The van der Waals surface area contributed by atoms with Crippen molar-refractivity contribution in [2.24, 2.45) is 5.92 Å². The summed E-state index contributed by atoms with van der Waals surface area (Å²) in [6.45, 7) is 6.45. The van der Waals surface area contributed by atoms with Gasteiger partial charge < -0.3 is 24.3 Å². The first-order chi connectivity index (χ1) is 25.0. The number of hydrogen-bond donors (Lipinski definition) is 2. The van der Waals surface area contributed by atoms with Crippen molar-refractivity contribution in [2.45, 2.75) is 62.7 Å². The summed E-state index contributed by atoms with van der Waals surface area (Å²) in [5.41, 5.74) is 2.77. The number of carbonyl (C=O) groups is 1. The fraction of sp³-hybridized carbons (Fsp3) is 0.333. The van der Waals surface area contributed by atoms with Gasteiger partial charge in [0.15, 0.2) is 19.7 Å². The van der Waals surface area contributed by atoms with Crippen molar-refractivity contribution in [3.8, 4) is 11.4 Å². The molecule has 0 radical (unpaired) electrons. The number of aromatic nitrogens is 4. The van der Waals surface area contributed by atoms with Gasteiger partial charge in [0.1, 0.15) is 0 Å². The van der Waals surface area contributed by atoms with Gasteiger partial charge in [-0.2, -0.15) is 0 Å². The number of aliphatic hydroxyl groups is 1. The number of aryl methyl sites for hydroxylation is 1. The van der Waals surface area contributed by atoms with Crippen molar-refractivity contribution in [1.29, 1.82) is 0 Å². The van der Waals surface area contributed by atoms with Crippen LogP contribution in [0.15, 0.2) is 107 Å². The number of aliphatic hydroxyl groups excluding tert-OH is 1. The summed E-state index contributed by atoms with van der Waals surface area (Å²) in [5.74, 6) is -0.576. The molecule has 5 aromatic rings. The molecule has 1 unspecified atom stereocenters. The number of ether oxygens (including phenoxy) is 2. The normalized spacial score (nSPS) is 21.9. The number of pyridine rings is 1. The van der Waals surface area contributed by atoms with Crippen LogP contribution in [0.25, 0.3) is 5.69 Å². The average Bonchev–Trinajstić information content (AvgIpc) is 3.78. The van der Waals surface area contributed by atoms with E-state index in [1.807, 2.05) is 99.0 Å². The van der Waals surface area contributed by atoms with Crippen molar-refractivity contribution in [2.75, 3.05) is 18.6 Å². The minimum Gasteiger partial charge on any atom is -0.491 e. The van der Waals surface area contributed by atoms with Gasteiger partial charge in [-0.05, 0) is 73.1 Å². The van der Waals surface area contributed by atoms with E-state index in [1.54, 1.807) is 27.9 Å². The number of hydrogen-bond acceptors (Lipinski definition) is 8. The lowest BCUT2D eigenvalue weighted by molar-refractivity contribution is -0.146. The minimum absolute atomic E-state index is 0.0990. The van der Waals surface area contributed by atoms with Crippen LogP contribution in [0.3, 0.4) is 0 Å². The summed E-state index contributed by atoms with van der Waals surface area (Å²) < 4.78 is 16.4. The Balaban J connectivity index is 1.19. The predicted molar refractivity (Wildman–Crippen MR) is 203 cm³/mol. The summed E-state index contributed by atoms with van der Waals surface area (Å²) in [4.78, 5) is 41.5. The van der Waals surface area contributed by atoms with Crippen LogP contribution in [0.4, 0.5) is 5.69 Å². The topological polar surface area (TPSA) is 132 Å². The molecule has 0 aliphatic carbocycles. The molecule has 2 aliphatic heterocycles. The molecule has 1 amide bonds. The van der Waals surface area contributed by atoms with E-state index >= 15 is 0 Å². The smallest absolute Gasteiger partial charge is 0.297 e. The SMILES string of the molecule is COc1cccn(-c2cccc(CN3C(=O)[C@]4(O[C@H](CCn5cc(C(CO)c6ccccc6)nn5)[C@@H]([Si](C)(C)O)[C@@H]4C)c4cc(Br)ccc43)c2)c1=O. The van der Waals surface area contributed by atoms with E-state index in [1.165, 1.54) is 11.7 Å². The zero-order valence-electron chi connectivity index (χ0n) is 29.5. The van der Waals surface area contributed by atoms with Crippen molar-refractivity contribution < 1.29 is 24.2 Å². The van der Waals surface area contributed by atoms with E-state index < -0.39 is 20.0 Å². The third kappa shape index (κ3) is 6.34. The number of nitrogens with zero attached hydrogens (tertiary/aromatic N) is 5. The fourth-order valence-corrected chi connectivity index (χ4v) is 11.2. The van der Waals surface area contributed by atoms with Gasteiger partial charge in [-0.3, -0.25) is 18.8 Å². The highest BCUT2D eigenvalue weighted by Crippen LogP contribution is 2.60. The van der Waals surface area contributed by atoms with Crippen LogP contribution in [0.5, 0.6) is 5.75 Å². The standard InChI is InChI=1S/C39H42BrN5O6Si/c1-25-36(52(3,4)49)34(17-19-43-23-32(41-42-43)30(24-46)27-11-6-5-7-12-27)51-39(25)31-21-28(40)15-16-33(31)45(38(39)48)22-26-10-8-13-29(20-26)44-18-9-14-35(50-2)37(44)47/h5-16,18,20-21,23,25,30,34,36,46,49H,17,19,22,24H2,1-4H3/t25-,30?,34+,36-,39+/m0/s1. The van der Waals surface area contributed by atoms with Crippen LogP contribution in [0.1, 0.15) is 41.6 Å². The highest BCUT2D eigenvalue weighted by molar-refractivity contribution is 9.10.